The number of fused-ring (bicyclic) bond motifs is 1. The van der Waals surface area contributed by atoms with Crippen molar-refractivity contribution in [2.75, 3.05) is 14.1 Å². The van der Waals surface area contributed by atoms with Crippen molar-refractivity contribution in [3.05, 3.63) is 29.6 Å². The number of rotatable bonds is 2. The lowest BCUT2D eigenvalue weighted by molar-refractivity contribution is 0.392. The minimum atomic E-state index is -0.895. The number of halogens is 2. The molecule has 5 heteroatoms. The fourth-order valence-corrected chi connectivity index (χ4v) is 1.44. The average molecular weight is 211 g/mol. The van der Waals surface area contributed by atoms with E-state index in [-0.39, 0.29) is 5.52 Å². The van der Waals surface area contributed by atoms with Gasteiger partial charge in [-0.2, -0.15) is 0 Å². The fraction of sp³-hybridized carbons (Fsp3) is 0.300. The summed E-state index contributed by atoms with van der Waals surface area (Å²) < 4.78 is 26.2. The minimum Gasteiger partial charge on any atom is -0.341 e. The maximum Gasteiger partial charge on any atom is 0.186 e. The van der Waals surface area contributed by atoms with Crippen LogP contribution in [0.5, 0.6) is 0 Å². The SMILES string of the molecule is CN(C)Cc1nc2c(F)c(F)ccc2[nH]1. The van der Waals surface area contributed by atoms with E-state index in [1.807, 2.05) is 19.0 Å². The predicted molar refractivity (Wildman–Crippen MR) is 53.4 cm³/mol. The van der Waals surface area contributed by atoms with Crippen LogP contribution >= 0.6 is 0 Å². The zero-order valence-electron chi connectivity index (χ0n) is 8.51. The molecule has 80 valence electrons. The summed E-state index contributed by atoms with van der Waals surface area (Å²) in [7, 11) is 3.76. The quantitative estimate of drug-likeness (QED) is 0.822. The van der Waals surface area contributed by atoms with Crippen molar-refractivity contribution >= 4 is 11.0 Å². The number of H-pyrrole nitrogens is 1. The molecule has 2 aromatic rings. The Hall–Kier alpha value is -1.49. The molecule has 3 nitrogen and oxygen atoms in total. The molecule has 0 fully saturated rings. The van der Waals surface area contributed by atoms with Gasteiger partial charge in [-0.15, -0.1) is 0 Å². The Morgan fingerprint density at radius 1 is 1.33 bits per heavy atom. The third-order valence-electron chi connectivity index (χ3n) is 2.06. The highest BCUT2D eigenvalue weighted by atomic mass is 19.2. The van der Waals surface area contributed by atoms with Crippen LogP contribution in [-0.2, 0) is 6.54 Å². The van der Waals surface area contributed by atoms with Crippen LogP contribution in [0.2, 0.25) is 0 Å². The molecule has 1 aromatic carbocycles. The molecule has 0 radical (unpaired) electrons. The molecule has 0 saturated carbocycles. The Labute approximate surface area is 85.7 Å². The topological polar surface area (TPSA) is 31.9 Å². The molecule has 0 bridgehead atoms. The van der Waals surface area contributed by atoms with E-state index >= 15 is 0 Å². The van der Waals surface area contributed by atoms with Gasteiger partial charge in [0, 0.05) is 0 Å². The molecular weight excluding hydrogens is 200 g/mol. The van der Waals surface area contributed by atoms with Crippen molar-refractivity contribution in [3.8, 4) is 0 Å². The normalized spacial score (nSPS) is 11.5. The summed E-state index contributed by atoms with van der Waals surface area (Å²) in [6, 6.07) is 2.58. The van der Waals surface area contributed by atoms with E-state index in [4.69, 9.17) is 0 Å². The molecule has 1 heterocycles. The molecular formula is C10H11F2N3. The van der Waals surface area contributed by atoms with E-state index in [1.54, 1.807) is 0 Å². The van der Waals surface area contributed by atoms with Crippen molar-refractivity contribution < 1.29 is 8.78 Å². The minimum absolute atomic E-state index is 0.0619. The first-order chi connectivity index (χ1) is 7.08. The van der Waals surface area contributed by atoms with E-state index in [1.165, 1.54) is 6.07 Å². The van der Waals surface area contributed by atoms with Gasteiger partial charge in [-0.05, 0) is 26.2 Å². The highest BCUT2D eigenvalue weighted by Crippen LogP contribution is 2.18. The lowest BCUT2D eigenvalue weighted by atomic mass is 10.3. The Balaban J connectivity index is 2.51. The van der Waals surface area contributed by atoms with Crippen LogP contribution in [0.15, 0.2) is 12.1 Å². The first-order valence-electron chi connectivity index (χ1n) is 4.55. The summed E-state index contributed by atoms with van der Waals surface area (Å²) in [6.07, 6.45) is 0. The van der Waals surface area contributed by atoms with Gasteiger partial charge < -0.3 is 9.88 Å². The lowest BCUT2D eigenvalue weighted by Crippen LogP contribution is -2.11. The van der Waals surface area contributed by atoms with Crippen molar-refractivity contribution in [2.45, 2.75) is 6.54 Å². The number of aromatic nitrogens is 2. The Morgan fingerprint density at radius 3 is 2.73 bits per heavy atom. The second-order valence-corrected chi connectivity index (χ2v) is 3.68. The van der Waals surface area contributed by atoms with Gasteiger partial charge in [-0.1, -0.05) is 0 Å². The fourth-order valence-electron chi connectivity index (χ4n) is 1.44. The standard InChI is InChI=1S/C10H11F2N3/c1-15(2)5-8-13-7-4-3-6(11)9(12)10(7)14-8/h3-4H,5H2,1-2H3,(H,13,14). The van der Waals surface area contributed by atoms with Crippen molar-refractivity contribution in [1.29, 1.82) is 0 Å². The monoisotopic (exact) mass is 211 g/mol. The largest absolute Gasteiger partial charge is 0.341 e. The zero-order chi connectivity index (χ0) is 11.0. The summed E-state index contributed by atoms with van der Waals surface area (Å²) in [4.78, 5) is 8.83. The number of hydrogen-bond donors (Lipinski definition) is 1. The Morgan fingerprint density at radius 2 is 2.07 bits per heavy atom. The van der Waals surface area contributed by atoms with Crippen molar-refractivity contribution in [1.82, 2.24) is 14.9 Å². The van der Waals surface area contributed by atoms with Crippen LogP contribution in [0.25, 0.3) is 11.0 Å². The van der Waals surface area contributed by atoms with Gasteiger partial charge in [0.1, 0.15) is 11.3 Å². The summed E-state index contributed by atoms with van der Waals surface area (Å²) >= 11 is 0. The van der Waals surface area contributed by atoms with E-state index in [0.717, 1.165) is 6.07 Å². The van der Waals surface area contributed by atoms with Crippen LogP contribution in [0.4, 0.5) is 8.78 Å². The maximum atomic E-state index is 13.3. The maximum absolute atomic E-state index is 13.3. The van der Waals surface area contributed by atoms with Crippen LogP contribution in [0.3, 0.4) is 0 Å². The number of hydrogen-bond acceptors (Lipinski definition) is 2. The molecule has 0 saturated heterocycles. The van der Waals surface area contributed by atoms with E-state index in [0.29, 0.717) is 17.9 Å². The second kappa shape index (κ2) is 3.58. The molecule has 1 N–H and O–H groups in total. The Bertz CT molecular complexity index is 491. The van der Waals surface area contributed by atoms with Gasteiger partial charge in [0.15, 0.2) is 11.6 Å². The summed E-state index contributed by atoms with van der Waals surface area (Å²) in [5.74, 6) is -1.14. The van der Waals surface area contributed by atoms with E-state index < -0.39 is 11.6 Å². The summed E-state index contributed by atoms with van der Waals surface area (Å²) in [5, 5.41) is 0. The number of nitrogens with one attached hydrogen (secondary N) is 1. The number of aromatic amines is 1. The third kappa shape index (κ3) is 1.83. The van der Waals surface area contributed by atoms with Gasteiger partial charge >= 0.3 is 0 Å². The molecule has 0 aliphatic heterocycles. The third-order valence-corrected chi connectivity index (χ3v) is 2.06. The van der Waals surface area contributed by atoms with Gasteiger partial charge in [-0.3, -0.25) is 0 Å². The number of nitrogens with zero attached hydrogens (tertiary/aromatic N) is 2. The van der Waals surface area contributed by atoms with Crippen LogP contribution < -0.4 is 0 Å². The molecule has 0 aliphatic rings. The molecule has 0 spiro atoms. The van der Waals surface area contributed by atoms with Crippen molar-refractivity contribution in [2.24, 2.45) is 0 Å². The van der Waals surface area contributed by atoms with Gasteiger partial charge in [0.05, 0.1) is 12.1 Å². The molecule has 0 atom stereocenters. The van der Waals surface area contributed by atoms with Crippen LogP contribution in [-0.4, -0.2) is 29.0 Å². The van der Waals surface area contributed by atoms with Crippen molar-refractivity contribution in [3.63, 3.8) is 0 Å². The molecule has 2 rings (SSSR count). The first-order valence-corrected chi connectivity index (χ1v) is 4.55. The van der Waals surface area contributed by atoms with Gasteiger partial charge in [0.2, 0.25) is 0 Å². The molecule has 0 unspecified atom stereocenters. The zero-order valence-corrected chi connectivity index (χ0v) is 8.51. The van der Waals surface area contributed by atoms with Gasteiger partial charge in [0.25, 0.3) is 0 Å². The average Bonchev–Trinajstić information content (AvgIpc) is 2.54. The smallest absolute Gasteiger partial charge is 0.186 e. The highest BCUT2D eigenvalue weighted by molar-refractivity contribution is 5.75. The molecule has 15 heavy (non-hydrogen) atoms. The first kappa shape index (κ1) is 10.0. The molecule has 1 aromatic heterocycles. The highest BCUT2D eigenvalue weighted by Gasteiger charge is 2.11. The second-order valence-electron chi connectivity index (χ2n) is 3.68. The molecule has 0 aliphatic carbocycles. The van der Waals surface area contributed by atoms with E-state index in [2.05, 4.69) is 9.97 Å². The summed E-state index contributed by atoms with van der Waals surface area (Å²) in [6.45, 7) is 0.565. The van der Waals surface area contributed by atoms with Crippen LogP contribution in [0.1, 0.15) is 5.82 Å². The number of imidazole rings is 1. The Kier molecular flexibility index (Phi) is 2.40. The lowest BCUT2D eigenvalue weighted by Gasteiger charge is -2.04. The molecule has 0 amide bonds. The predicted octanol–water partition coefficient (Wildman–Crippen LogP) is 1.90. The summed E-state index contributed by atoms with van der Waals surface area (Å²) in [5.41, 5.74) is 0.581. The van der Waals surface area contributed by atoms with Crippen LogP contribution in [0, 0.1) is 11.6 Å². The van der Waals surface area contributed by atoms with Gasteiger partial charge in [-0.25, -0.2) is 13.8 Å². The van der Waals surface area contributed by atoms with E-state index in [9.17, 15) is 8.78 Å². The number of benzene rings is 1.